The van der Waals surface area contributed by atoms with Crippen molar-refractivity contribution in [3.63, 3.8) is 0 Å². The number of benzene rings is 1. The summed E-state index contributed by atoms with van der Waals surface area (Å²) in [6.07, 6.45) is 5.18. The number of nitrogens with one attached hydrogen (secondary N) is 1. The van der Waals surface area contributed by atoms with Crippen LogP contribution in [0.25, 0.3) is 10.9 Å². The Labute approximate surface area is 338 Å². The fourth-order valence-corrected chi connectivity index (χ4v) is 10.2. The van der Waals surface area contributed by atoms with Gasteiger partial charge in [0.05, 0.1) is 41.3 Å². The van der Waals surface area contributed by atoms with Crippen LogP contribution in [-0.4, -0.2) is 71.4 Å². The van der Waals surface area contributed by atoms with Crippen molar-refractivity contribution >= 4 is 56.1 Å². The van der Waals surface area contributed by atoms with Crippen molar-refractivity contribution in [3.8, 4) is 5.75 Å². The number of carbonyl (C=O) groups is 4. The third-order valence-corrected chi connectivity index (χ3v) is 14.9. The molecule has 3 fully saturated rings. The number of ether oxygens (including phenoxy) is 2. The van der Waals surface area contributed by atoms with Crippen LogP contribution in [0.1, 0.15) is 123 Å². The topological polar surface area (TPSA) is 149 Å². The zero-order valence-electron chi connectivity index (χ0n) is 32.1. The number of carbonyl (C=O) groups excluding carboxylic acids is 4. The number of alkyl halides is 2. The molecule has 1 N–H and O–H groups in total. The zero-order chi connectivity index (χ0) is 40.2. The molecule has 1 aromatic carbocycles. The monoisotopic (exact) mass is 833 g/mol. The number of sulfonamides is 1. The highest BCUT2D eigenvalue weighted by molar-refractivity contribution is 7.91. The second kappa shape index (κ2) is 16.2. The molecule has 312 valence electrons. The number of Topliss-reactive ketones (excluding diaryl/α,β-unsaturated/α-hetero) is 1. The fraction of sp³-hybridized carbons (Fsp3) is 0.643. The number of pyridine rings is 1. The lowest BCUT2D eigenvalue weighted by molar-refractivity contribution is -0.151. The Bertz CT molecular complexity index is 2070. The van der Waals surface area contributed by atoms with E-state index in [0.717, 1.165) is 12.8 Å². The molecule has 11 nitrogen and oxygen atoms in total. The molecular formula is C42H54ClF2N3O8S. The molecule has 0 bridgehead atoms. The summed E-state index contributed by atoms with van der Waals surface area (Å²) in [4.78, 5) is 62.2. The van der Waals surface area contributed by atoms with Crippen molar-refractivity contribution in [1.29, 1.82) is 0 Å². The van der Waals surface area contributed by atoms with Crippen molar-refractivity contribution in [2.24, 2.45) is 23.2 Å². The predicted molar refractivity (Wildman–Crippen MR) is 211 cm³/mol. The molecule has 2 aliphatic carbocycles. The lowest BCUT2D eigenvalue weighted by Crippen LogP contribution is -2.48. The number of allylic oxidation sites excluding steroid dienone is 2. The van der Waals surface area contributed by atoms with E-state index in [-0.39, 0.29) is 76.7 Å². The van der Waals surface area contributed by atoms with Crippen molar-refractivity contribution in [1.82, 2.24) is 14.6 Å². The van der Waals surface area contributed by atoms with Gasteiger partial charge in [-0.3, -0.25) is 23.9 Å². The van der Waals surface area contributed by atoms with Gasteiger partial charge in [0, 0.05) is 34.7 Å². The molecule has 2 amide bonds. The van der Waals surface area contributed by atoms with Crippen LogP contribution >= 0.6 is 11.6 Å². The van der Waals surface area contributed by atoms with Gasteiger partial charge in [-0.05, 0) is 88.3 Å². The summed E-state index contributed by atoms with van der Waals surface area (Å²) < 4.78 is 69.0. The van der Waals surface area contributed by atoms with Gasteiger partial charge in [0.15, 0.2) is 11.5 Å². The molecule has 57 heavy (non-hydrogen) atoms. The largest absolute Gasteiger partial charge is 0.483 e. The van der Waals surface area contributed by atoms with Gasteiger partial charge in [-0.2, -0.15) is 0 Å². The fourth-order valence-electron chi connectivity index (χ4n) is 8.67. The van der Waals surface area contributed by atoms with Crippen LogP contribution in [0.3, 0.4) is 0 Å². The van der Waals surface area contributed by atoms with E-state index < -0.39 is 73.4 Å². The number of hydrogen-bond donors (Lipinski definition) is 1. The van der Waals surface area contributed by atoms with E-state index in [4.69, 9.17) is 21.1 Å². The van der Waals surface area contributed by atoms with Crippen LogP contribution in [-0.2, 0) is 40.4 Å². The Morgan fingerprint density at radius 3 is 2.58 bits per heavy atom. The third kappa shape index (κ3) is 8.58. The maximum Gasteiger partial charge on any atom is 0.306 e. The first kappa shape index (κ1) is 42.9. The summed E-state index contributed by atoms with van der Waals surface area (Å²) in [7, 11) is -4.00. The highest BCUT2D eigenvalue weighted by Gasteiger charge is 2.63. The van der Waals surface area contributed by atoms with Gasteiger partial charge < -0.3 is 14.4 Å². The Morgan fingerprint density at radius 2 is 1.88 bits per heavy atom. The SMILES string of the molecule is C.CC(C)COC(=O)C[C@H]1CCCCC/C=C\[C@@H]2C[C@@]2(C(=O)NS(=O)(=O)C2(C)CC2)CC(=O)[C@@H]2C[C@]3(CCc4c(c(C(F)F)nc5ccc(Cl)cc45)O3)CN2C1=O. The molecule has 5 aliphatic rings. The highest BCUT2D eigenvalue weighted by Crippen LogP contribution is 2.58. The summed E-state index contributed by atoms with van der Waals surface area (Å²) in [6.45, 7) is 5.46. The minimum atomic E-state index is -4.00. The van der Waals surface area contributed by atoms with Crippen LogP contribution in [0, 0.1) is 23.2 Å². The molecule has 1 saturated heterocycles. The van der Waals surface area contributed by atoms with E-state index in [1.807, 2.05) is 26.0 Å². The molecule has 3 aliphatic heterocycles. The van der Waals surface area contributed by atoms with Gasteiger partial charge in [-0.25, -0.2) is 22.2 Å². The van der Waals surface area contributed by atoms with Crippen LogP contribution in [0.2, 0.25) is 5.02 Å². The number of nitrogens with zero attached hydrogens (tertiary/aromatic N) is 2. The van der Waals surface area contributed by atoms with Crippen molar-refractivity contribution in [2.75, 3.05) is 13.2 Å². The molecule has 15 heteroatoms. The molecule has 2 aromatic rings. The minimum Gasteiger partial charge on any atom is -0.483 e. The average molecular weight is 834 g/mol. The molecule has 0 radical (unpaired) electrons. The van der Waals surface area contributed by atoms with Crippen LogP contribution < -0.4 is 9.46 Å². The predicted octanol–water partition coefficient (Wildman–Crippen LogP) is 7.82. The van der Waals surface area contributed by atoms with Gasteiger partial charge >= 0.3 is 5.97 Å². The molecule has 5 atom stereocenters. The van der Waals surface area contributed by atoms with Crippen LogP contribution in [0.4, 0.5) is 8.78 Å². The number of aromatic nitrogens is 1. The van der Waals surface area contributed by atoms with Crippen molar-refractivity contribution in [3.05, 3.63) is 46.6 Å². The van der Waals surface area contributed by atoms with E-state index in [1.165, 1.54) is 4.90 Å². The first-order chi connectivity index (χ1) is 26.5. The molecule has 0 unspecified atom stereocenters. The first-order valence-corrected chi connectivity index (χ1v) is 21.6. The van der Waals surface area contributed by atoms with Crippen molar-refractivity contribution in [2.45, 2.75) is 134 Å². The summed E-state index contributed by atoms with van der Waals surface area (Å²) in [5, 5.41) is 0.972. The number of rotatable bonds is 8. The number of amides is 2. The van der Waals surface area contributed by atoms with Gasteiger partial charge in [0.1, 0.15) is 11.3 Å². The lowest BCUT2D eigenvalue weighted by Gasteiger charge is -2.37. The molecule has 2 saturated carbocycles. The van der Waals surface area contributed by atoms with E-state index in [1.54, 1.807) is 25.1 Å². The van der Waals surface area contributed by atoms with Gasteiger partial charge in [0.2, 0.25) is 21.8 Å². The normalized spacial score (nSPS) is 29.0. The smallest absolute Gasteiger partial charge is 0.306 e. The molecule has 4 heterocycles. The van der Waals surface area contributed by atoms with Crippen LogP contribution in [0.15, 0.2) is 30.4 Å². The third-order valence-electron chi connectivity index (χ3n) is 12.5. The number of halogens is 3. The van der Waals surface area contributed by atoms with E-state index >= 15 is 0 Å². The zero-order valence-corrected chi connectivity index (χ0v) is 33.7. The van der Waals surface area contributed by atoms with E-state index in [0.29, 0.717) is 53.6 Å². The molecule has 1 aromatic heterocycles. The summed E-state index contributed by atoms with van der Waals surface area (Å²) in [5.41, 5.74) is -2.30. The van der Waals surface area contributed by atoms with E-state index in [2.05, 4.69) is 9.71 Å². The van der Waals surface area contributed by atoms with E-state index in [9.17, 15) is 36.4 Å². The lowest BCUT2D eigenvalue weighted by atomic mass is 9.85. The first-order valence-electron chi connectivity index (χ1n) is 19.8. The van der Waals surface area contributed by atoms with Crippen LogP contribution in [0.5, 0.6) is 5.75 Å². The minimum absolute atomic E-state index is 0. The quantitative estimate of drug-likeness (QED) is 0.208. The number of ketones is 1. The summed E-state index contributed by atoms with van der Waals surface area (Å²) >= 11 is 6.31. The maximum absolute atomic E-state index is 14.7. The summed E-state index contributed by atoms with van der Waals surface area (Å²) in [5.74, 6) is -3.40. The number of aryl methyl sites for hydroxylation is 1. The van der Waals surface area contributed by atoms with Gasteiger partial charge in [-0.1, -0.05) is 57.9 Å². The standard InChI is InChI=1S/C41H50ClF2N3O8S.CH4/c1-24(2)22-54-33(49)17-25-9-7-5-4-6-8-10-26-19-41(26,38(51)46-56(52,53)39(3)15-16-39)21-32(48)31-20-40(23-47(31)37(25)50)14-13-28-29-18-27(42)11-12-30(29)45-34(36(43)44)35(28)55-40;/h8,10-12,18,24-26,31,36H,4-7,9,13-17,19-23H2,1-3H3,(H,46,51);1H4/b10-8-;/t25-,26-,31+,40-,41-;/m1./s1. The van der Waals surface area contributed by atoms with Gasteiger partial charge in [0.25, 0.3) is 6.43 Å². The second-order valence-corrected chi connectivity index (χ2v) is 19.9. The Balaban J connectivity index is 0.00000549. The Kier molecular flexibility index (Phi) is 12.2. The number of esters is 1. The summed E-state index contributed by atoms with van der Waals surface area (Å²) in [6, 6.07) is 3.68. The Morgan fingerprint density at radius 1 is 1.12 bits per heavy atom. The maximum atomic E-state index is 14.7. The molecular weight excluding hydrogens is 780 g/mol. The highest BCUT2D eigenvalue weighted by atomic mass is 35.5. The number of hydrogen-bond acceptors (Lipinski definition) is 9. The molecule has 7 rings (SSSR count). The molecule has 1 spiro atoms. The van der Waals surface area contributed by atoms with Gasteiger partial charge in [-0.15, -0.1) is 0 Å². The number of fused-ring (bicyclic) bond motifs is 5. The Hall–Kier alpha value is -3.65. The average Bonchev–Trinajstić information content (AvgIpc) is 4.03. The van der Waals surface area contributed by atoms with Crippen molar-refractivity contribution < 1.29 is 45.9 Å². The second-order valence-electron chi connectivity index (χ2n) is 17.3.